The number of hydrogen-bond donors (Lipinski definition) is 2. The van der Waals surface area contributed by atoms with E-state index < -0.39 is 15.4 Å². The van der Waals surface area contributed by atoms with E-state index >= 15 is 0 Å². The molecule has 0 aromatic heterocycles. The Kier molecular flexibility index (Phi) is 5.48. The molecule has 1 saturated heterocycles. The Morgan fingerprint density at radius 1 is 1.56 bits per heavy atom. The molecule has 0 aliphatic carbocycles. The first kappa shape index (κ1) is 15.8. The van der Waals surface area contributed by atoms with Gasteiger partial charge in [-0.3, -0.25) is 4.79 Å². The highest BCUT2D eigenvalue weighted by atomic mass is 32.2. The third-order valence-electron chi connectivity index (χ3n) is 3.02. The molecule has 1 aliphatic rings. The summed E-state index contributed by atoms with van der Waals surface area (Å²) in [5.74, 6) is 0.481. The maximum atomic E-state index is 11.8. The van der Waals surface area contributed by atoms with E-state index in [1.165, 1.54) is 0 Å². The van der Waals surface area contributed by atoms with Gasteiger partial charge in [-0.1, -0.05) is 6.92 Å². The molecule has 0 spiro atoms. The predicted octanol–water partition coefficient (Wildman–Crippen LogP) is 0.150. The van der Waals surface area contributed by atoms with Gasteiger partial charge in [-0.2, -0.15) is 0 Å². The van der Waals surface area contributed by atoms with Gasteiger partial charge in [0.1, 0.15) is 0 Å². The van der Waals surface area contributed by atoms with Gasteiger partial charge in [0.15, 0.2) is 9.84 Å². The first-order chi connectivity index (χ1) is 8.26. The van der Waals surface area contributed by atoms with Crippen molar-refractivity contribution >= 4 is 27.5 Å². The fraction of sp³-hybridized carbons (Fsp3) is 0.909. The van der Waals surface area contributed by atoms with Crippen molar-refractivity contribution in [2.75, 3.05) is 23.8 Å². The molecule has 3 N–H and O–H groups in total. The summed E-state index contributed by atoms with van der Waals surface area (Å²) in [6, 6.07) is 0. The number of nitrogens with two attached hydrogens (primary N) is 1. The van der Waals surface area contributed by atoms with Gasteiger partial charge in [0.25, 0.3) is 0 Å². The topological polar surface area (TPSA) is 89.3 Å². The second-order valence-electron chi connectivity index (χ2n) is 5.15. The molecule has 1 rings (SSSR count). The molecule has 18 heavy (non-hydrogen) atoms. The van der Waals surface area contributed by atoms with E-state index in [9.17, 15) is 13.2 Å². The maximum Gasteiger partial charge on any atom is 0.230 e. The van der Waals surface area contributed by atoms with E-state index in [1.807, 2.05) is 6.92 Å². The van der Waals surface area contributed by atoms with Crippen molar-refractivity contribution < 1.29 is 13.2 Å². The number of sulfone groups is 1. The molecule has 1 amide bonds. The van der Waals surface area contributed by atoms with Crippen molar-refractivity contribution in [3.63, 3.8) is 0 Å². The minimum Gasteiger partial charge on any atom is -0.349 e. The van der Waals surface area contributed by atoms with Crippen LogP contribution in [0.5, 0.6) is 0 Å². The molecule has 7 heteroatoms. The fourth-order valence-corrected chi connectivity index (χ4v) is 4.92. The maximum absolute atomic E-state index is 11.8. The number of carbonyl (C=O) groups excluding carboxylic acids is 1. The van der Waals surface area contributed by atoms with Crippen molar-refractivity contribution in [2.45, 2.75) is 37.5 Å². The van der Waals surface area contributed by atoms with Crippen molar-refractivity contribution in [1.29, 1.82) is 0 Å². The predicted molar refractivity (Wildman–Crippen MR) is 75.4 cm³/mol. The lowest BCUT2D eigenvalue weighted by Gasteiger charge is -2.24. The second-order valence-corrected chi connectivity index (χ2v) is 8.76. The Labute approximate surface area is 113 Å². The van der Waals surface area contributed by atoms with Gasteiger partial charge in [-0.15, -0.1) is 11.8 Å². The van der Waals surface area contributed by atoms with E-state index in [0.29, 0.717) is 24.0 Å². The average Bonchev–Trinajstić information content (AvgIpc) is 2.50. The van der Waals surface area contributed by atoms with E-state index in [-0.39, 0.29) is 17.4 Å². The molecular formula is C11H22N2O3S2. The van der Waals surface area contributed by atoms with Crippen LogP contribution in [0.3, 0.4) is 0 Å². The molecular weight excluding hydrogens is 272 g/mol. The summed E-state index contributed by atoms with van der Waals surface area (Å²) in [5, 5.41) is 3.19. The van der Waals surface area contributed by atoms with E-state index in [1.54, 1.807) is 18.7 Å². The molecule has 2 unspecified atom stereocenters. The monoisotopic (exact) mass is 294 g/mol. The van der Waals surface area contributed by atoms with Crippen molar-refractivity contribution in [3.8, 4) is 0 Å². The highest BCUT2D eigenvalue weighted by Gasteiger charge is 2.39. The summed E-state index contributed by atoms with van der Waals surface area (Å²) in [5.41, 5.74) is 4.85. The van der Waals surface area contributed by atoms with Crippen LogP contribution in [-0.2, 0) is 14.6 Å². The van der Waals surface area contributed by atoms with Gasteiger partial charge in [-0.25, -0.2) is 8.42 Å². The van der Waals surface area contributed by atoms with Gasteiger partial charge in [-0.05, 0) is 26.3 Å². The molecule has 0 saturated carbocycles. The molecule has 106 valence electrons. The van der Waals surface area contributed by atoms with Gasteiger partial charge in [0.2, 0.25) is 5.91 Å². The summed E-state index contributed by atoms with van der Waals surface area (Å²) in [7, 11) is -2.98. The molecule has 0 bridgehead atoms. The third kappa shape index (κ3) is 5.16. The smallest absolute Gasteiger partial charge is 0.230 e. The summed E-state index contributed by atoms with van der Waals surface area (Å²) in [6.45, 7) is 4.45. The first-order valence-electron chi connectivity index (χ1n) is 6.09. The largest absolute Gasteiger partial charge is 0.349 e. The van der Waals surface area contributed by atoms with Crippen LogP contribution in [-0.4, -0.2) is 48.9 Å². The molecule has 1 fully saturated rings. The van der Waals surface area contributed by atoms with Gasteiger partial charge < -0.3 is 11.1 Å². The molecule has 0 aromatic rings. The molecule has 2 atom stereocenters. The number of thioether (sulfide) groups is 1. The van der Waals surface area contributed by atoms with Crippen LogP contribution in [0.25, 0.3) is 0 Å². The standard InChI is InChI=1S/C11H22N2O3S2/c1-9(3-5-12)17-7-10(14)13-11(2)4-6-18(15,16)8-11/h9H,3-8,12H2,1-2H3,(H,13,14). The average molecular weight is 294 g/mol. The van der Waals surface area contributed by atoms with Crippen LogP contribution in [0.2, 0.25) is 0 Å². The van der Waals surface area contributed by atoms with Crippen LogP contribution >= 0.6 is 11.8 Å². The number of amides is 1. The van der Waals surface area contributed by atoms with Gasteiger partial charge in [0.05, 0.1) is 22.8 Å². The summed E-state index contributed by atoms with van der Waals surface area (Å²) in [4.78, 5) is 11.8. The highest BCUT2D eigenvalue weighted by molar-refractivity contribution is 8.00. The van der Waals surface area contributed by atoms with Crippen molar-refractivity contribution in [2.24, 2.45) is 5.73 Å². The van der Waals surface area contributed by atoms with Gasteiger partial charge in [0, 0.05) is 5.25 Å². The quantitative estimate of drug-likeness (QED) is 0.728. The minimum atomic E-state index is -2.98. The second kappa shape index (κ2) is 6.25. The van der Waals surface area contributed by atoms with Crippen molar-refractivity contribution in [1.82, 2.24) is 5.32 Å². The third-order valence-corrected chi connectivity index (χ3v) is 6.15. The number of rotatable bonds is 6. The molecule has 5 nitrogen and oxygen atoms in total. The van der Waals surface area contributed by atoms with Crippen LogP contribution in [0.4, 0.5) is 0 Å². The molecule has 0 radical (unpaired) electrons. The Balaban J connectivity index is 2.37. The highest BCUT2D eigenvalue weighted by Crippen LogP contribution is 2.23. The Morgan fingerprint density at radius 2 is 2.22 bits per heavy atom. The zero-order valence-corrected chi connectivity index (χ0v) is 12.6. The summed E-state index contributed by atoms with van der Waals surface area (Å²) < 4.78 is 22.8. The lowest BCUT2D eigenvalue weighted by molar-refractivity contribution is -0.120. The van der Waals surface area contributed by atoms with E-state index in [4.69, 9.17) is 5.73 Å². The number of nitrogens with one attached hydrogen (secondary N) is 1. The van der Waals surface area contributed by atoms with E-state index in [0.717, 1.165) is 6.42 Å². The summed E-state index contributed by atoms with van der Waals surface area (Å²) >= 11 is 1.55. The zero-order chi connectivity index (χ0) is 13.8. The number of hydrogen-bond acceptors (Lipinski definition) is 5. The molecule has 0 aromatic carbocycles. The summed E-state index contributed by atoms with van der Waals surface area (Å²) in [6.07, 6.45) is 1.38. The Bertz CT molecular complexity index is 397. The SMILES string of the molecule is CC(CCN)SCC(=O)NC1(C)CCS(=O)(=O)C1. The van der Waals surface area contributed by atoms with E-state index in [2.05, 4.69) is 5.32 Å². The molecule has 1 heterocycles. The first-order valence-corrected chi connectivity index (χ1v) is 8.96. The lowest BCUT2D eigenvalue weighted by atomic mass is 10.0. The van der Waals surface area contributed by atoms with Crippen LogP contribution in [0.1, 0.15) is 26.7 Å². The Morgan fingerprint density at radius 3 is 2.72 bits per heavy atom. The lowest BCUT2D eigenvalue weighted by Crippen LogP contribution is -2.47. The van der Waals surface area contributed by atoms with Crippen LogP contribution < -0.4 is 11.1 Å². The minimum absolute atomic E-state index is 0.0504. The molecule has 1 aliphatic heterocycles. The van der Waals surface area contributed by atoms with Gasteiger partial charge >= 0.3 is 0 Å². The van der Waals surface area contributed by atoms with Crippen LogP contribution in [0.15, 0.2) is 0 Å². The zero-order valence-electron chi connectivity index (χ0n) is 10.9. The normalized spacial score (nSPS) is 27.9. The Hall–Kier alpha value is -0.270. The number of carbonyl (C=O) groups is 1. The van der Waals surface area contributed by atoms with Crippen LogP contribution in [0, 0.1) is 0 Å². The van der Waals surface area contributed by atoms with Crippen molar-refractivity contribution in [3.05, 3.63) is 0 Å². The fourth-order valence-electron chi connectivity index (χ4n) is 2.02.